The molecule has 0 amide bonds. The van der Waals surface area contributed by atoms with Crippen molar-refractivity contribution in [2.75, 3.05) is 13.2 Å². The van der Waals surface area contributed by atoms with Crippen LogP contribution in [0.4, 0.5) is 4.79 Å². The Morgan fingerprint density at radius 3 is 2.03 bits per heavy atom. The quantitative estimate of drug-likeness (QED) is 0.200. The maximum atomic E-state index is 12.4. The van der Waals surface area contributed by atoms with Gasteiger partial charge in [-0.1, -0.05) is 47.1 Å². The fraction of sp³-hybridized carbons (Fsp3) is 0.630. The molecule has 1 rings (SSSR count). The highest BCUT2D eigenvalue weighted by molar-refractivity contribution is 5.77. The lowest BCUT2D eigenvalue weighted by Crippen LogP contribution is -2.37. The second-order valence-corrected chi connectivity index (χ2v) is 9.75. The first-order valence-corrected chi connectivity index (χ1v) is 12.7. The van der Waals surface area contributed by atoms with Crippen molar-refractivity contribution < 1.29 is 42.9 Å². The van der Waals surface area contributed by atoms with Crippen molar-refractivity contribution in [3.05, 3.63) is 23.8 Å². The maximum absolute atomic E-state index is 12.4. The van der Waals surface area contributed by atoms with Gasteiger partial charge in [0.15, 0.2) is 11.5 Å². The Bertz CT molecular complexity index is 898. The molecule has 1 aromatic carbocycles. The molecule has 2 N–H and O–H groups in total. The van der Waals surface area contributed by atoms with Crippen molar-refractivity contribution >= 4 is 24.1 Å². The van der Waals surface area contributed by atoms with E-state index in [1.807, 2.05) is 34.6 Å². The van der Waals surface area contributed by atoms with Crippen molar-refractivity contribution in [2.24, 2.45) is 17.6 Å². The van der Waals surface area contributed by atoms with Gasteiger partial charge in [0.25, 0.3) is 0 Å². The van der Waals surface area contributed by atoms with E-state index in [9.17, 15) is 19.2 Å². The summed E-state index contributed by atoms with van der Waals surface area (Å²) < 4.78 is 25.9. The molecule has 0 radical (unpaired) electrons. The third-order valence-corrected chi connectivity index (χ3v) is 4.83. The number of nitrogens with two attached hydrogens (primary N) is 1. The molecular formula is C27H41NO9. The summed E-state index contributed by atoms with van der Waals surface area (Å²) in [4.78, 5) is 48.4. The van der Waals surface area contributed by atoms with Gasteiger partial charge in [-0.2, -0.15) is 0 Å². The normalized spacial score (nSPS) is 12.6. The molecule has 1 aromatic rings. The Balaban J connectivity index is 2.80. The predicted octanol–water partition coefficient (Wildman–Crippen LogP) is 4.34. The highest BCUT2D eigenvalue weighted by atomic mass is 16.7. The third-order valence-electron chi connectivity index (χ3n) is 4.83. The summed E-state index contributed by atoms with van der Waals surface area (Å²) in [6.07, 6.45) is 0.515. The van der Waals surface area contributed by atoms with Gasteiger partial charge in [0.1, 0.15) is 18.8 Å². The second-order valence-electron chi connectivity index (χ2n) is 9.75. The molecule has 0 spiro atoms. The van der Waals surface area contributed by atoms with E-state index in [4.69, 9.17) is 29.4 Å². The highest BCUT2D eigenvalue weighted by Gasteiger charge is 2.22. The molecule has 0 aliphatic heterocycles. The Labute approximate surface area is 219 Å². The Hall–Kier alpha value is -3.14. The first kappa shape index (κ1) is 31.9. The van der Waals surface area contributed by atoms with Crippen LogP contribution in [0.3, 0.4) is 0 Å². The van der Waals surface area contributed by atoms with Crippen LogP contribution in [0.25, 0.3) is 0 Å². The zero-order valence-electron chi connectivity index (χ0n) is 22.7. The minimum atomic E-state index is -1.03. The number of carbonyl (C=O) groups is 4. The fourth-order valence-corrected chi connectivity index (χ4v) is 3.02. The molecule has 10 heteroatoms. The van der Waals surface area contributed by atoms with Gasteiger partial charge >= 0.3 is 24.1 Å². The van der Waals surface area contributed by atoms with Gasteiger partial charge in [0, 0.05) is 12.8 Å². The molecule has 10 nitrogen and oxygen atoms in total. The summed E-state index contributed by atoms with van der Waals surface area (Å²) in [5.74, 6) is -1.25. The summed E-state index contributed by atoms with van der Waals surface area (Å²) in [6, 6.07) is 3.61. The van der Waals surface area contributed by atoms with Crippen LogP contribution in [0.2, 0.25) is 0 Å². The van der Waals surface area contributed by atoms with Crippen LogP contribution in [-0.4, -0.2) is 49.4 Å². The van der Waals surface area contributed by atoms with Crippen LogP contribution in [0.15, 0.2) is 18.2 Å². The highest BCUT2D eigenvalue weighted by Crippen LogP contribution is 2.30. The number of benzene rings is 1. The number of esters is 3. The summed E-state index contributed by atoms with van der Waals surface area (Å²) in [7, 11) is 0. The lowest BCUT2D eigenvalue weighted by molar-refractivity contribution is -0.152. The lowest BCUT2D eigenvalue weighted by Gasteiger charge is -2.18. The standard InChI is InChI=1S/C27H41NO9/c1-7-8-11-33-27(32)34-16-19(6)35-26(31)21(28)14-20-9-10-22(36-24(29)12-17(2)3)23(15-20)37-25(30)13-18(4)5/h9-10,15,17-19,21H,7-8,11-14,16,28H2,1-6H3/t19-,21-/m0/s1. The molecule has 0 saturated carbocycles. The number of carbonyl (C=O) groups excluding carboxylic acids is 4. The second kappa shape index (κ2) is 16.6. The molecule has 208 valence electrons. The minimum absolute atomic E-state index is 0.0699. The van der Waals surface area contributed by atoms with Gasteiger partial charge in [-0.05, 0) is 49.3 Å². The molecule has 0 bridgehead atoms. The molecule has 0 heterocycles. The zero-order chi connectivity index (χ0) is 28.0. The SMILES string of the molecule is CCCCOC(=O)OC[C@H](C)OC(=O)[C@@H](N)Cc1ccc(OC(=O)CC(C)C)c(OC(=O)CC(C)C)c1. The van der Waals surface area contributed by atoms with Gasteiger partial charge in [0.2, 0.25) is 0 Å². The molecule has 0 fully saturated rings. The first-order valence-electron chi connectivity index (χ1n) is 12.7. The molecule has 2 atom stereocenters. The van der Waals surface area contributed by atoms with Crippen LogP contribution in [0.5, 0.6) is 11.5 Å². The Kier molecular flexibility index (Phi) is 14.3. The smallest absolute Gasteiger partial charge is 0.458 e. The van der Waals surface area contributed by atoms with Crippen molar-refractivity contribution in [1.82, 2.24) is 0 Å². The van der Waals surface area contributed by atoms with Crippen LogP contribution < -0.4 is 15.2 Å². The van der Waals surface area contributed by atoms with Crippen LogP contribution >= 0.6 is 0 Å². The number of ether oxygens (including phenoxy) is 5. The van der Waals surface area contributed by atoms with Gasteiger partial charge in [-0.25, -0.2) is 4.79 Å². The van der Waals surface area contributed by atoms with Crippen molar-refractivity contribution in [1.29, 1.82) is 0 Å². The summed E-state index contributed by atoms with van der Waals surface area (Å²) in [6.45, 7) is 11.2. The summed E-state index contributed by atoms with van der Waals surface area (Å²) >= 11 is 0. The third kappa shape index (κ3) is 13.7. The molecule has 0 aromatic heterocycles. The van der Waals surface area contributed by atoms with E-state index >= 15 is 0 Å². The van der Waals surface area contributed by atoms with Crippen molar-refractivity contribution in [3.63, 3.8) is 0 Å². The van der Waals surface area contributed by atoms with E-state index in [2.05, 4.69) is 0 Å². The number of hydrogen-bond donors (Lipinski definition) is 1. The molecule has 0 aliphatic carbocycles. The van der Waals surface area contributed by atoms with Gasteiger partial charge < -0.3 is 29.4 Å². The van der Waals surface area contributed by atoms with E-state index in [0.717, 1.165) is 12.8 Å². The topological polar surface area (TPSA) is 140 Å². The molecule has 37 heavy (non-hydrogen) atoms. The van der Waals surface area contributed by atoms with E-state index in [1.54, 1.807) is 13.0 Å². The average Bonchev–Trinajstić information content (AvgIpc) is 2.78. The first-order chi connectivity index (χ1) is 17.4. The predicted molar refractivity (Wildman–Crippen MR) is 136 cm³/mol. The summed E-state index contributed by atoms with van der Waals surface area (Å²) in [5, 5.41) is 0. The van der Waals surface area contributed by atoms with E-state index in [1.165, 1.54) is 12.1 Å². The largest absolute Gasteiger partial charge is 0.508 e. The Morgan fingerprint density at radius 1 is 0.865 bits per heavy atom. The summed E-state index contributed by atoms with van der Waals surface area (Å²) in [5.41, 5.74) is 6.60. The average molecular weight is 524 g/mol. The minimum Gasteiger partial charge on any atom is -0.458 e. The molecule has 0 aliphatic rings. The maximum Gasteiger partial charge on any atom is 0.508 e. The molecule has 0 saturated heterocycles. The van der Waals surface area contributed by atoms with Crippen molar-refractivity contribution in [3.8, 4) is 11.5 Å². The molecule has 0 unspecified atom stereocenters. The monoisotopic (exact) mass is 523 g/mol. The van der Waals surface area contributed by atoms with E-state index in [0.29, 0.717) is 5.56 Å². The van der Waals surface area contributed by atoms with E-state index < -0.39 is 36.2 Å². The Morgan fingerprint density at radius 2 is 1.46 bits per heavy atom. The molecular weight excluding hydrogens is 482 g/mol. The van der Waals surface area contributed by atoms with Gasteiger partial charge in [-0.15, -0.1) is 0 Å². The number of rotatable bonds is 15. The van der Waals surface area contributed by atoms with Crippen LogP contribution in [0, 0.1) is 11.8 Å². The van der Waals surface area contributed by atoms with Gasteiger partial charge in [-0.3, -0.25) is 14.4 Å². The zero-order valence-corrected chi connectivity index (χ0v) is 22.7. The van der Waals surface area contributed by atoms with Gasteiger partial charge in [0.05, 0.1) is 6.61 Å². The van der Waals surface area contributed by atoms with E-state index in [-0.39, 0.29) is 55.8 Å². The van der Waals surface area contributed by atoms with Crippen LogP contribution in [-0.2, 0) is 35.0 Å². The fourth-order valence-electron chi connectivity index (χ4n) is 3.02. The lowest BCUT2D eigenvalue weighted by atomic mass is 10.1. The van der Waals surface area contributed by atoms with Crippen molar-refractivity contribution in [2.45, 2.75) is 85.8 Å². The number of hydrogen-bond acceptors (Lipinski definition) is 10. The van der Waals surface area contributed by atoms with Crippen LogP contribution in [0.1, 0.15) is 72.8 Å². The number of unbranched alkanes of at least 4 members (excludes halogenated alkanes) is 1.